The first-order valence-electron chi connectivity index (χ1n) is 10.9. The monoisotopic (exact) mass is 357 g/mol. The van der Waals surface area contributed by atoms with Crippen LogP contribution in [0.15, 0.2) is 0 Å². The van der Waals surface area contributed by atoms with Crippen molar-refractivity contribution in [1.82, 2.24) is 26.6 Å². The van der Waals surface area contributed by atoms with Crippen LogP contribution in [0.3, 0.4) is 0 Å². The Kier molecular flexibility index (Phi) is 21.7. The first-order chi connectivity index (χ1) is 12.3. The molecule has 0 aromatic carbocycles. The predicted molar refractivity (Wildman–Crippen MR) is 112 cm³/mol. The topological polar surface area (TPSA) is 60.1 Å². The molecule has 0 aromatic rings. The first-order valence-corrected chi connectivity index (χ1v) is 10.9. The van der Waals surface area contributed by atoms with Gasteiger partial charge in [-0.2, -0.15) is 0 Å². The first kappa shape index (κ1) is 24.8. The molecule has 0 rings (SSSR count). The number of rotatable bonds is 21. The van der Waals surface area contributed by atoms with E-state index in [0.29, 0.717) is 6.17 Å². The summed E-state index contributed by atoms with van der Waals surface area (Å²) in [5.41, 5.74) is 0. The van der Waals surface area contributed by atoms with Crippen LogP contribution < -0.4 is 26.6 Å². The van der Waals surface area contributed by atoms with Crippen molar-refractivity contribution in [2.45, 2.75) is 78.3 Å². The highest BCUT2D eigenvalue weighted by atomic mass is 15.1. The van der Waals surface area contributed by atoms with E-state index in [1.54, 1.807) is 0 Å². The van der Waals surface area contributed by atoms with Crippen LogP contribution >= 0.6 is 0 Å². The molecular weight excluding hydrogens is 310 g/mol. The van der Waals surface area contributed by atoms with Gasteiger partial charge in [-0.3, -0.25) is 0 Å². The molecule has 0 aliphatic heterocycles. The van der Waals surface area contributed by atoms with Crippen LogP contribution in [0.25, 0.3) is 0 Å². The fourth-order valence-corrected chi connectivity index (χ4v) is 2.88. The Labute approximate surface area is 157 Å². The van der Waals surface area contributed by atoms with Crippen LogP contribution in [0.1, 0.15) is 72.1 Å². The number of unbranched alkanes of at least 4 members (excludes halogenated alkanes) is 3. The molecule has 0 amide bonds. The number of hydrogen-bond donors (Lipinski definition) is 5. The predicted octanol–water partition coefficient (Wildman–Crippen LogP) is 2.44. The van der Waals surface area contributed by atoms with Crippen molar-refractivity contribution in [3.63, 3.8) is 0 Å². The van der Waals surface area contributed by atoms with Crippen LogP contribution in [0.5, 0.6) is 0 Å². The van der Waals surface area contributed by atoms with E-state index in [-0.39, 0.29) is 0 Å². The zero-order valence-corrected chi connectivity index (χ0v) is 17.4. The SMILES string of the molecule is CCCCNCCCCNCCCCNCCCC(NCC)NCC. The molecule has 0 saturated carbocycles. The lowest BCUT2D eigenvalue weighted by molar-refractivity contribution is 0.403. The quantitative estimate of drug-likeness (QED) is 0.161. The van der Waals surface area contributed by atoms with Gasteiger partial charge in [0.1, 0.15) is 0 Å². The Balaban J connectivity index is 3.13. The maximum Gasteiger partial charge on any atom is 0.0571 e. The average Bonchev–Trinajstić information content (AvgIpc) is 2.61. The lowest BCUT2D eigenvalue weighted by Gasteiger charge is -2.18. The van der Waals surface area contributed by atoms with Gasteiger partial charge in [-0.25, -0.2) is 0 Å². The molecule has 0 heterocycles. The second kappa shape index (κ2) is 21.8. The van der Waals surface area contributed by atoms with E-state index in [9.17, 15) is 0 Å². The van der Waals surface area contributed by atoms with Gasteiger partial charge in [-0.15, -0.1) is 0 Å². The fraction of sp³-hybridized carbons (Fsp3) is 1.00. The van der Waals surface area contributed by atoms with E-state index in [4.69, 9.17) is 0 Å². The molecule has 152 valence electrons. The van der Waals surface area contributed by atoms with Gasteiger partial charge in [0.15, 0.2) is 0 Å². The molecule has 0 spiro atoms. The highest BCUT2D eigenvalue weighted by Gasteiger charge is 2.03. The molecule has 0 aliphatic carbocycles. The molecular formula is C20H47N5. The molecule has 0 radical (unpaired) electrons. The van der Waals surface area contributed by atoms with Crippen LogP contribution in [0.2, 0.25) is 0 Å². The summed E-state index contributed by atoms with van der Waals surface area (Å²) in [7, 11) is 0. The summed E-state index contributed by atoms with van der Waals surface area (Å²) in [6.45, 7) is 15.6. The third-order valence-electron chi connectivity index (χ3n) is 4.37. The largest absolute Gasteiger partial charge is 0.317 e. The Hall–Kier alpha value is -0.200. The molecule has 0 atom stereocenters. The molecule has 5 N–H and O–H groups in total. The second-order valence-corrected chi connectivity index (χ2v) is 6.83. The standard InChI is InChI=1S/C20H47N5/c1-4-7-14-21-15-8-9-16-22-17-10-11-18-23-19-12-13-20(24-5-2)25-6-3/h20-25H,4-19H2,1-3H3. The average molecular weight is 358 g/mol. The van der Waals surface area contributed by atoms with Gasteiger partial charge in [0.2, 0.25) is 0 Å². The third-order valence-corrected chi connectivity index (χ3v) is 4.37. The zero-order valence-electron chi connectivity index (χ0n) is 17.4. The normalized spacial score (nSPS) is 11.5. The molecule has 0 aromatic heterocycles. The summed E-state index contributed by atoms with van der Waals surface area (Å²) >= 11 is 0. The Morgan fingerprint density at radius 1 is 0.520 bits per heavy atom. The fourth-order valence-electron chi connectivity index (χ4n) is 2.88. The third kappa shape index (κ3) is 20.0. The molecule has 0 fully saturated rings. The van der Waals surface area contributed by atoms with Crippen molar-refractivity contribution in [3.05, 3.63) is 0 Å². The van der Waals surface area contributed by atoms with Gasteiger partial charge < -0.3 is 26.6 Å². The van der Waals surface area contributed by atoms with Crippen molar-refractivity contribution in [1.29, 1.82) is 0 Å². The highest BCUT2D eigenvalue weighted by Crippen LogP contribution is 1.94. The Morgan fingerprint density at radius 2 is 0.920 bits per heavy atom. The molecule has 25 heavy (non-hydrogen) atoms. The Morgan fingerprint density at radius 3 is 1.32 bits per heavy atom. The number of nitrogens with one attached hydrogen (secondary N) is 5. The van der Waals surface area contributed by atoms with E-state index < -0.39 is 0 Å². The molecule has 0 bridgehead atoms. The summed E-state index contributed by atoms with van der Waals surface area (Å²) < 4.78 is 0. The summed E-state index contributed by atoms with van der Waals surface area (Å²) in [6.07, 6.45) is 10.6. The summed E-state index contributed by atoms with van der Waals surface area (Å²) in [6, 6.07) is 0. The minimum Gasteiger partial charge on any atom is -0.317 e. The van der Waals surface area contributed by atoms with Crippen LogP contribution in [0, 0.1) is 0 Å². The molecule has 0 unspecified atom stereocenters. The van der Waals surface area contributed by atoms with Crippen molar-refractivity contribution >= 4 is 0 Å². The molecule has 0 saturated heterocycles. The van der Waals surface area contributed by atoms with E-state index in [0.717, 1.165) is 32.7 Å². The summed E-state index contributed by atoms with van der Waals surface area (Å²) in [5, 5.41) is 17.6. The highest BCUT2D eigenvalue weighted by molar-refractivity contribution is 4.63. The van der Waals surface area contributed by atoms with Crippen LogP contribution in [-0.2, 0) is 0 Å². The van der Waals surface area contributed by atoms with Crippen molar-refractivity contribution < 1.29 is 0 Å². The van der Waals surface area contributed by atoms with Crippen LogP contribution in [-0.4, -0.2) is 58.5 Å². The second-order valence-electron chi connectivity index (χ2n) is 6.83. The maximum absolute atomic E-state index is 3.57. The van der Waals surface area contributed by atoms with Crippen molar-refractivity contribution in [3.8, 4) is 0 Å². The van der Waals surface area contributed by atoms with Gasteiger partial charge in [-0.05, 0) is 97.3 Å². The van der Waals surface area contributed by atoms with E-state index in [1.807, 2.05) is 0 Å². The Bertz CT molecular complexity index is 232. The molecule has 5 heteroatoms. The van der Waals surface area contributed by atoms with E-state index in [1.165, 1.54) is 71.0 Å². The van der Waals surface area contributed by atoms with Crippen molar-refractivity contribution in [2.75, 3.05) is 52.4 Å². The zero-order chi connectivity index (χ0) is 18.4. The lowest BCUT2D eigenvalue weighted by Crippen LogP contribution is -2.42. The van der Waals surface area contributed by atoms with Crippen molar-refractivity contribution in [2.24, 2.45) is 0 Å². The van der Waals surface area contributed by atoms with Gasteiger partial charge in [0.05, 0.1) is 6.17 Å². The molecule has 5 nitrogen and oxygen atoms in total. The molecule has 0 aliphatic rings. The van der Waals surface area contributed by atoms with Gasteiger partial charge >= 0.3 is 0 Å². The minimum atomic E-state index is 0.475. The van der Waals surface area contributed by atoms with E-state index in [2.05, 4.69) is 47.4 Å². The van der Waals surface area contributed by atoms with Gasteiger partial charge in [0, 0.05) is 0 Å². The summed E-state index contributed by atoms with van der Waals surface area (Å²) in [4.78, 5) is 0. The number of hydrogen-bond acceptors (Lipinski definition) is 5. The van der Waals surface area contributed by atoms with Crippen LogP contribution in [0.4, 0.5) is 0 Å². The smallest absolute Gasteiger partial charge is 0.0571 e. The van der Waals surface area contributed by atoms with E-state index >= 15 is 0 Å². The lowest BCUT2D eigenvalue weighted by atomic mass is 10.2. The van der Waals surface area contributed by atoms with Gasteiger partial charge in [0.25, 0.3) is 0 Å². The minimum absolute atomic E-state index is 0.475. The maximum atomic E-state index is 3.57. The summed E-state index contributed by atoms with van der Waals surface area (Å²) in [5.74, 6) is 0. The van der Waals surface area contributed by atoms with Gasteiger partial charge in [-0.1, -0.05) is 27.2 Å².